The average molecular weight is 636 g/mol. The van der Waals surface area contributed by atoms with Gasteiger partial charge >= 0.3 is 22.3 Å². The Labute approximate surface area is 249 Å². The molecule has 2 atom stereocenters. The zero-order valence-electron chi connectivity index (χ0n) is 22.7. The lowest BCUT2D eigenvalue weighted by molar-refractivity contribution is -0.143. The number of carbonyl (C=O) groups is 2. The number of rotatable bonds is 12. The Balaban J connectivity index is 1.64. The number of carboxylic acid groups (broad SMARTS) is 1. The fourth-order valence-corrected chi connectivity index (χ4v) is 7.34. The zero-order valence-corrected chi connectivity index (χ0v) is 25.1. The molecule has 1 fully saturated rings. The third-order valence-corrected chi connectivity index (χ3v) is 9.96. The highest BCUT2D eigenvalue weighted by molar-refractivity contribution is 7.89. The molecule has 0 spiro atoms. The average Bonchev–Trinajstić information content (AvgIpc) is 3.68. The molecule has 1 amide bonds. The maximum Gasteiger partial charge on any atom is 0.422 e. The van der Waals surface area contributed by atoms with Gasteiger partial charge in [0, 0.05) is 24.0 Å². The molecule has 1 aliphatic rings. The van der Waals surface area contributed by atoms with E-state index in [0.717, 1.165) is 9.87 Å². The van der Waals surface area contributed by atoms with Gasteiger partial charge in [0.25, 0.3) is 0 Å². The summed E-state index contributed by atoms with van der Waals surface area (Å²) in [6.45, 7) is 2.02. The van der Waals surface area contributed by atoms with Gasteiger partial charge in [-0.2, -0.15) is 17.4 Å². The van der Waals surface area contributed by atoms with Crippen LogP contribution in [0, 0.1) is 0 Å². The van der Waals surface area contributed by atoms with E-state index in [9.17, 15) is 31.5 Å². The highest BCUT2D eigenvalue weighted by Gasteiger charge is 2.67. The maximum atomic E-state index is 14.0. The molecule has 1 saturated carbocycles. The fourth-order valence-electron chi connectivity index (χ4n) is 4.74. The normalized spacial score (nSPS) is 18.5. The Morgan fingerprint density at radius 2 is 1.55 bits per heavy atom. The van der Waals surface area contributed by atoms with Gasteiger partial charge in [-0.25, -0.2) is 17.9 Å². The van der Waals surface area contributed by atoms with Crippen LogP contribution in [0.4, 0.5) is 4.79 Å². The van der Waals surface area contributed by atoms with Crippen molar-refractivity contribution in [3.8, 4) is 11.1 Å². The molecule has 1 aliphatic carbocycles. The van der Waals surface area contributed by atoms with Gasteiger partial charge in [-0.1, -0.05) is 66.2 Å². The summed E-state index contributed by atoms with van der Waals surface area (Å²) in [7, 11) is -8.90. The number of benzene rings is 3. The zero-order chi connectivity index (χ0) is 30.7. The summed E-state index contributed by atoms with van der Waals surface area (Å²) in [5, 5.41) is 10.9. The van der Waals surface area contributed by atoms with Crippen molar-refractivity contribution in [2.75, 3.05) is 13.1 Å². The van der Waals surface area contributed by atoms with Crippen molar-refractivity contribution in [3.63, 3.8) is 0 Å². The quantitative estimate of drug-likeness (QED) is 0.270. The second-order valence-electron chi connectivity index (χ2n) is 9.96. The molecular formula is C28H30ClN3O8S2. The van der Waals surface area contributed by atoms with Crippen LogP contribution < -0.4 is 9.44 Å². The first-order valence-corrected chi connectivity index (χ1v) is 16.2. The number of ether oxygens (including phenoxy) is 1. The van der Waals surface area contributed by atoms with Crippen LogP contribution in [0.3, 0.4) is 0 Å². The fraction of sp³-hybridized carbons (Fsp3) is 0.286. The first-order valence-electron chi connectivity index (χ1n) is 12.9. The molecule has 0 aromatic heterocycles. The van der Waals surface area contributed by atoms with Gasteiger partial charge in [0.2, 0.25) is 10.0 Å². The molecule has 0 aliphatic heterocycles. The lowest BCUT2D eigenvalue weighted by Gasteiger charge is -2.29. The van der Waals surface area contributed by atoms with E-state index in [4.69, 9.17) is 16.3 Å². The molecule has 3 aromatic rings. The molecule has 0 bridgehead atoms. The molecule has 0 radical (unpaired) electrons. The smallest absolute Gasteiger partial charge is 0.422 e. The lowest BCUT2D eigenvalue weighted by atomic mass is 10.1. The topological polar surface area (TPSA) is 159 Å². The van der Waals surface area contributed by atoms with Gasteiger partial charge < -0.3 is 9.84 Å². The largest absolute Gasteiger partial charge is 0.480 e. The van der Waals surface area contributed by atoms with Gasteiger partial charge in [0.05, 0.1) is 11.0 Å². The predicted octanol–water partition coefficient (Wildman–Crippen LogP) is 3.98. The SMILES string of the molecule is CC(C)OC(=O)NS(=O)(=O)NCCN(C1(C(=O)O)C[C@H]1c1ccccc1)S(=O)(=O)c1ccc(-c2ccc(Cl)cc2)cc1. The molecule has 3 aromatic carbocycles. The highest BCUT2D eigenvalue weighted by Crippen LogP contribution is 2.57. The van der Waals surface area contributed by atoms with E-state index >= 15 is 0 Å². The number of carbonyl (C=O) groups excluding carboxylic acids is 1. The van der Waals surface area contributed by atoms with Crippen molar-refractivity contribution in [2.24, 2.45) is 0 Å². The third-order valence-electron chi connectivity index (χ3n) is 6.74. The molecule has 0 saturated heterocycles. The Bertz CT molecular complexity index is 1650. The van der Waals surface area contributed by atoms with E-state index in [-0.39, 0.29) is 11.3 Å². The minimum atomic E-state index is -4.46. The van der Waals surface area contributed by atoms with Crippen LogP contribution in [-0.4, -0.2) is 63.0 Å². The summed E-state index contributed by atoms with van der Waals surface area (Å²) in [5.74, 6) is -2.03. The van der Waals surface area contributed by atoms with Crippen LogP contribution in [0.5, 0.6) is 0 Å². The number of aliphatic carboxylic acids is 1. The van der Waals surface area contributed by atoms with Gasteiger partial charge in [0.15, 0.2) is 0 Å². The molecule has 3 N–H and O–H groups in total. The number of nitrogens with one attached hydrogen (secondary N) is 2. The standard InChI is InChI=1S/C28H30ClN3O8S2/c1-19(2)40-27(35)31-42(38,39)30-16-17-32(28(26(33)34)18-25(28)22-6-4-3-5-7-22)41(36,37)24-14-10-21(11-15-24)20-8-12-23(29)13-9-20/h3-15,19,25,30H,16-18H2,1-2H3,(H,31,35)(H,33,34)/t25-,28?/m0/s1. The van der Waals surface area contributed by atoms with E-state index in [1.807, 2.05) is 0 Å². The number of sulfonamides is 1. The van der Waals surface area contributed by atoms with Crippen LogP contribution in [0.15, 0.2) is 83.8 Å². The van der Waals surface area contributed by atoms with E-state index in [2.05, 4.69) is 4.72 Å². The maximum absolute atomic E-state index is 14.0. The highest BCUT2D eigenvalue weighted by atomic mass is 35.5. The van der Waals surface area contributed by atoms with Gasteiger partial charge in [-0.05, 0) is 61.2 Å². The van der Waals surface area contributed by atoms with Crippen molar-refractivity contribution >= 4 is 43.9 Å². The minimum absolute atomic E-state index is 0.0137. The van der Waals surface area contributed by atoms with E-state index < -0.39 is 62.9 Å². The minimum Gasteiger partial charge on any atom is -0.480 e. The first-order chi connectivity index (χ1) is 19.8. The summed E-state index contributed by atoms with van der Waals surface area (Å²) >= 11 is 5.96. The van der Waals surface area contributed by atoms with Crippen LogP contribution in [-0.2, 0) is 29.8 Å². The molecular weight excluding hydrogens is 606 g/mol. The number of carboxylic acids is 1. The Morgan fingerprint density at radius 3 is 2.10 bits per heavy atom. The molecule has 11 nitrogen and oxygen atoms in total. The summed E-state index contributed by atoms with van der Waals surface area (Å²) < 4.78 is 62.2. The molecule has 4 rings (SSSR count). The second-order valence-corrected chi connectivity index (χ2v) is 13.8. The first kappa shape index (κ1) is 31.4. The number of amides is 1. The van der Waals surface area contributed by atoms with Crippen molar-refractivity contribution in [1.29, 1.82) is 0 Å². The lowest BCUT2D eigenvalue weighted by Crippen LogP contribution is -2.52. The van der Waals surface area contributed by atoms with Gasteiger partial charge in [0.1, 0.15) is 5.54 Å². The molecule has 224 valence electrons. The van der Waals surface area contributed by atoms with Crippen molar-refractivity contribution in [1.82, 2.24) is 13.7 Å². The number of nitrogens with zero attached hydrogens (tertiary/aromatic N) is 1. The van der Waals surface area contributed by atoms with Crippen LogP contribution in [0.25, 0.3) is 11.1 Å². The number of hydrogen-bond acceptors (Lipinski definition) is 7. The van der Waals surface area contributed by atoms with Gasteiger partial charge in [-0.3, -0.25) is 4.79 Å². The summed E-state index contributed by atoms with van der Waals surface area (Å²) in [6.07, 6.45) is -1.80. The Kier molecular flexibility index (Phi) is 9.28. The van der Waals surface area contributed by atoms with Crippen molar-refractivity contribution in [2.45, 2.75) is 42.7 Å². The van der Waals surface area contributed by atoms with Gasteiger partial charge in [-0.15, -0.1) is 0 Å². The van der Waals surface area contributed by atoms with Crippen LogP contribution >= 0.6 is 11.6 Å². The van der Waals surface area contributed by atoms with E-state index in [0.29, 0.717) is 16.1 Å². The Hall–Kier alpha value is -3.49. The van der Waals surface area contributed by atoms with Crippen LogP contribution in [0.1, 0.15) is 31.7 Å². The Morgan fingerprint density at radius 1 is 0.976 bits per heavy atom. The molecule has 1 unspecified atom stereocenters. The van der Waals surface area contributed by atoms with Crippen molar-refractivity contribution < 1.29 is 36.3 Å². The van der Waals surface area contributed by atoms with E-state index in [1.54, 1.807) is 71.5 Å². The monoisotopic (exact) mass is 635 g/mol. The number of hydrogen-bond donors (Lipinski definition) is 3. The molecule has 14 heteroatoms. The summed E-state index contributed by atoms with van der Waals surface area (Å²) in [4.78, 5) is 24.3. The number of halogens is 1. The second kappa shape index (κ2) is 12.4. The molecule has 42 heavy (non-hydrogen) atoms. The third kappa shape index (κ3) is 6.93. The predicted molar refractivity (Wildman–Crippen MR) is 157 cm³/mol. The molecule has 0 heterocycles. The summed E-state index contributed by atoms with van der Waals surface area (Å²) in [6, 6.07) is 21.5. The van der Waals surface area contributed by atoms with Crippen LogP contribution in [0.2, 0.25) is 5.02 Å². The van der Waals surface area contributed by atoms with E-state index in [1.165, 1.54) is 26.0 Å². The summed E-state index contributed by atoms with van der Waals surface area (Å²) in [5.41, 5.74) is 0.291. The van der Waals surface area contributed by atoms with Crippen molar-refractivity contribution in [3.05, 3.63) is 89.4 Å².